The van der Waals surface area contributed by atoms with Gasteiger partial charge in [0.15, 0.2) is 0 Å². The molecule has 0 saturated carbocycles. The number of aryl methyl sites for hydroxylation is 2. The van der Waals surface area contributed by atoms with Crippen LogP contribution in [0.1, 0.15) is 18.1 Å². The third-order valence-electron chi connectivity index (χ3n) is 1.82. The van der Waals surface area contributed by atoms with Crippen molar-refractivity contribution in [2.45, 2.75) is 20.3 Å². The molecule has 1 rings (SSSR count). The first-order valence-corrected chi connectivity index (χ1v) is 3.91. The monoisotopic (exact) mass is 150 g/mol. The molecule has 1 aromatic rings. The van der Waals surface area contributed by atoms with Crippen LogP contribution in [0.25, 0.3) is 0 Å². The standard InChI is InChI=1S/C10H14O/c1-4-9-6-5-8(2)7-10(9)11-3/h5-7H,4H2,1-3H3. The van der Waals surface area contributed by atoms with Crippen molar-refractivity contribution < 1.29 is 4.74 Å². The van der Waals surface area contributed by atoms with Gasteiger partial charge < -0.3 is 4.74 Å². The molecule has 1 nitrogen and oxygen atoms in total. The Hall–Kier alpha value is -0.980. The van der Waals surface area contributed by atoms with Crippen molar-refractivity contribution in [3.63, 3.8) is 0 Å². The molecule has 11 heavy (non-hydrogen) atoms. The quantitative estimate of drug-likeness (QED) is 0.629. The molecule has 0 aliphatic rings. The molecule has 0 amide bonds. The van der Waals surface area contributed by atoms with Gasteiger partial charge in [0, 0.05) is 0 Å². The molecule has 1 heteroatoms. The second kappa shape index (κ2) is 3.42. The second-order valence-electron chi connectivity index (χ2n) is 2.67. The maximum Gasteiger partial charge on any atom is 0.122 e. The molecular weight excluding hydrogens is 136 g/mol. The van der Waals surface area contributed by atoms with Crippen LogP contribution in [-0.4, -0.2) is 7.11 Å². The van der Waals surface area contributed by atoms with E-state index in [4.69, 9.17) is 4.74 Å². The molecule has 60 valence electrons. The third kappa shape index (κ3) is 1.73. The molecular formula is C10H14O. The minimum Gasteiger partial charge on any atom is -0.496 e. The van der Waals surface area contributed by atoms with Crippen LogP contribution in [0.4, 0.5) is 0 Å². The summed E-state index contributed by atoms with van der Waals surface area (Å²) in [4.78, 5) is 0. The Labute approximate surface area is 68.0 Å². The zero-order chi connectivity index (χ0) is 8.27. The number of hydrogen-bond acceptors (Lipinski definition) is 1. The van der Waals surface area contributed by atoms with E-state index < -0.39 is 0 Å². The van der Waals surface area contributed by atoms with Gasteiger partial charge in [0.05, 0.1) is 7.11 Å². The number of ether oxygens (including phenoxy) is 1. The van der Waals surface area contributed by atoms with Crippen molar-refractivity contribution in [2.75, 3.05) is 7.11 Å². The predicted octanol–water partition coefficient (Wildman–Crippen LogP) is 2.57. The summed E-state index contributed by atoms with van der Waals surface area (Å²) in [5.41, 5.74) is 2.53. The number of benzene rings is 1. The van der Waals surface area contributed by atoms with E-state index in [1.165, 1.54) is 11.1 Å². The van der Waals surface area contributed by atoms with E-state index in [2.05, 4.69) is 32.0 Å². The summed E-state index contributed by atoms with van der Waals surface area (Å²) in [5.74, 6) is 1.01. The van der Waals surface area contributed by atoms with E-state index >= 15 is 0 Å². The van der Waals surface area contributed by atoms with Crippen LogP contribution in [0.15, 0.2) is 18.2 Å². The predicted molar refractivity (Wildman–Crippen MR) is 47.1 cm³/mol. The smallest absolute Gasteiger partial charge is 0.122 e. The Morgan fingerprint density at radius 1 is 1.36 bits per heavy atom. The number of hydrogen-bond donors (Lipinski definition) is 0. The topological polar surface area (TPSA) is 9.23 Å². The Morgan fingerprint density at radius 3 is 2.64 bits per heavy atom. The summed E-state index contributed by atoms with van der Waals surface area (Å²) >= 11 is 0. The van der Waals surface area contributed by atoms with Crippen molar-refractivity contribution >= 4 is 0 Å². The van der Waals surface area contributed by atoms with Crippen LogP contribution >= 0.6 is 0 Å². The van der Waals surface area contributed by atoms with E-state index in [1.54, 1.807) is 7.11 Å². The van der Waals surface area contributed by atoms with E-state index in [0.29, 0.717) is 0 Å². The highest BCUT2D eigenvalue weighted by Crippen LogP contribution is 2.19. The molecule has 0 fully saturated rings. The Balaban J connectivity index is 3.06. The minimum atomic E-state index is 1.01. The molecule has 0 atom stereocenters. The lowest BCUT2D eigenvalue weighted by Crippen LogP contribution is -1.90. The molecule has 0 aliphatic heterocycles. The van der Waals surface area contributed by atoms with Gasteiger partial charge >= 0.3 is 0 Å². The molecule has 0 radical (unpaired) electrons. The zero-order valence-electron chi connectivity index (χ0n) is 7.35. The lowest BCUT2D eigenvalue weighted by atomic mass is 10.1. The van der Waals surface area contributed by atoms with Gasteiger partial charge in [-0.1, -0.05) is 19.1 Å². The maximum atomic E-state index is 5.22. The minimum absolute atomic E-state index is 1.01. The lowest BCUT2D eigenvalue weighted by molar-refractivity contribution is 0.410. The molecule has 0 bridgehead atoms. The van der Waals surface area contributed by atoms with Gasteiger partial charge in [0.25, 0.3) is 0 Å². The van der Waals surface area contributed by atoms with Crippen LogP contribution < -0.4 is 4.74 Å². The van der Waals surface area contributed by atoms with Crippen molar-refractivity contribution in [3.05, 3.63) is 29.3 Å². The highest BCUT2D eigenvalue weighted by atomic mass is 16.5. The van der Waals surface area contributed by atoms with E-state index in [1.807, 2.05) is 0 Å². The van der Waals surface area contributed by atoms with Crippen LogP contribution in [0.5, 0.6) is 5.75 Å². The number of rotatable bonds is 2. The Morgan fingerprint density at radius 2 is 2.09 bits per heavy atom. The molecule has 0 saturated heterocycles. The van der Waals surface area contributed by atoms with E-state index in [0.717, 1.165) is 12.2 Å². The molecule has 0 heterocycles. The SMILES string of the molecule is CCc1ccc(C)cc1OC. The maximum absolute atomic E-state index is 5.22. The van der Waals surface area contributed by atoms with Crippen molar-refractivity contribution in [1.82, 2.24) is 0 Å². The van der Waals surface area contributed by atoms with Crippen molar-refractivity contribution in [3.8, 4) is 5.75 Å². The zero-order valence-corrected chi connectivity index (χ0v) is 7.35. The summed E-state index contributed by atoms with van der Waals surface area (Å²) in [6.07, 6.45) is 1.03. The third-order valence-corrected chi connectivity index (χ3v) is 1.82. The van der Waals surface area contributed by atoms with Crippen LogP contribution in [-0.2, 0) is 6.42 Å². The molecule has 0 aromatic heterocycles. The van der Waals surface area contributed by atoms with Gasteiger partial charge in [-0.05, 0) is 30.5 Å². The summed E-state index contributed by atoms with van der Waals surface area (Å²) in [6, 6.07) is 6.30. The van der Waals surface area contributed by atoms with E-state index in [-0.39, 0.29) is 0 Å². The average molecular weight is 150 g/mol. The Bertz CT molecular complexity index is 241. The summed E-state index contributed by atoms with van der Waals surface area (Å²) in [6.45, 7) is 4.20. The molecule has 1 aromatic carbocycles. The van der Waals surface area contributed by atoms with Crippen molar-refractivity contribution in [1.29, 1.82) is 0 Å². The lowest BCUT2D eigenvalue weighted by Gasteiger charge is -2.06. The van der Waals surface area contributed by atoms with Gasteiger partial charge in [-0.15, -0.1) is 0 Å². The van der Waals surface area contributed by atoms with Crippen molar-refractivity contribution in [2.24, 2.45) is 0 Å². The fourth-order valence-corrected chi connectivity index (χ4v) is 1.14. The van der Waals surface area contributed by atoms with E-state index in [9.17, 15) is 0 Å². The molecule has 0 unspecified atom stereocenters. The van der Waals surface area contributed by atoms with Gasteiger partial charge in [0.1, 0.15) is 5.75 Å². The Kier molecular flexibility index (Phi) is 2.53. The van der Waals surface area contributed by atoms with Gasteiger partial charge in [-0.25, -0.2) is 0 Å². The van der Waals surface area contributed by atoms with Crippen LogP contribution in [0.3, 0.4) is 0 Å². The normalized spacial score (nSPS) is 9.73. The first-order chi connectivity index (χ1) is 5.27. The largest absolute Gasteiger partial charge is 0.496 e. The van der Waals surface area contributed by atoms with Gasteiger partial charge in [0.2, 0.25) is 0 Å². The van der Waals surface area contributed by atoms with Crippen LogP contribution in [0.2, 0.25) is 0 Å². The van der Waals surface area contributed by atoms with Gasteiger partial charge in [-0.3, -0.25) is 0 Å². The first-order valence-electron chi connectivity index (χ1n) is 3.91. The summed E-state index contributed by atoms with van der Waals surface area (Å²) < 4.78 is 5.22. The number of methoxy groups -OCH3 is 1. The molecule has 0 aliphatic carbocycles. The summed E-state index contributed by atoms with van der Waals surface area (Å²) in [7, 11) is 1.72. The second-order valence-corrected chi connectivity index (χ2v) is 2.67. The highest BCUT2D eigenvalue weighted by Gasteiger charge is 1.98. The fraction of sp³-hybridized carbons (Fsp3) is 0.400. The first kappa shape index (κ1) is 8.12. The highest BCUT2D eigenvalue weighted by molar-refractivity contribution is 5.36. The van der Waals surface area contributed by atoms with Crippen LogP contribution in [0, 0.1) is 6.92 Å². The molecule has 0 N–H and O–H groups in total. The molecule has 0 spiro atoms. The summed E-state index contributed by atoms with van der Waals surface area (Å²) in [5, 5.41) is 0. The van der Waals surface area contributed by atoms with Gasteiger partial charge in [-0.2, -0.15) is 0 Å². The fourth-order valence-electron chi connectivity index (χ4n) is 1.14. The average Bonchev–Trinajstić information content (AvgIpc) is 2.04.